The van der Waals surface area contributed by atoms with Gasteiger partial charge in [0.25, 0.3) is 0 Å². The summed E-state index contributed by atoms with van der Waals surface area (Å²) in [5.41, 5.74) is 6.24. The van der Waals surface area contributed by atoms with Gasteiger partial charge in [0.05, 0.1) is 5.92 Å². The molecule has 0 radical (unpaired) electrons. The molecular formula is C22H31BrN2O4. The number of hydrogen-bond donors (Lipinski definition) is 1. The second-order valence-corrected chi connectivity index (χ2v) is 9.35. The van der Waals surface area contributed by atoms with Crippen molar-refractivity contribution in [1.82, 2.24) is 0 Å². The van der Waals surface area contributed by atoms with Crippen LogP contribution in [0.2, 0.25) is 0 Å². The minimum atomic E-state index is -0.608. The number of benzene rings is 1. The lowest BCUT2D eigenvalue weighted by Crippen LogP contribution is -2.38. The largest absolute Gasteiger partial charge is 0.369 e. The Morgan fingerprint density at radius 1 is 1.07 bits per heavy atom. The molecule has 0 heterocycles. The monoisotopic (exact) mass is 466 g/mol. The third kappa shape index (κ3) is 6.91. The molecule has 1 amide bonds. The Hall–Kier alpha value is -1.76. The second-order valence-electron chi connectivity index (χ2n) is 8.05. The van der Waals surface area contributed by atoms with Gasteiger partial charge in [0.15, 0.2) is 0 Å². The number of nitrogens with zero attached hydrogens (tertiary/aromatic N) is 1. The molecule has 0 bridgehead atoms. The molecule has 3 atom stereocenters. The lowest BCUT2D eigenvalue weighted by molar-refractivity contribution is -0.530. The molecule has 0 aromatic heterocycles. The molecule has 2 fully saturated rings. The first kappa shape index (κ1) is 23.5. The van der Waals surface area contributed by atoms with Crippen molar-refractivity contribution in [3.63, 3.8) is 0 Å². The van der Waals surface area contributed by atoms with Crippen LogP contribution in [0.3, 0.4) is 0 Å². The first-order valence-corrected chi connectivity index (χ1v) is 11.4. The maximum absolute atomic E-state index is 11.3. The molecule has 1 aromatic carbocycles. The van der Waals surface area contributed by atoms with E-state index >= 15 is 0 Å². The normalized spacial score (nSPS) is 29.2. The Morgan fingerprint density at radius 3 is 2.17 bits per heavy atom. The Morgan fingerprint density at radius 2 is 1.66 bits per heavy atom. The van der Waals surface area contributed by atoms with Gasteiger partial charge in [0.1, 0.15) is 5.78 Å². The SMILES string of the molecule is CCC(=O)C1CCC(Br)CC1.NC(=O)C1CCC([N+](=O)[O-])C(c2ccccc2)C1. The van der Waals surface area contributed by atoms with Crippen LogP contribution in [-0.4, -0.2) is 27.5 Å². The van der Waals surface area contributed by atoms with Crippen LogP contribution in [0.5, 0.6) is 0 Å². The van der Waals surface area contributed by atoms with Crippen molar-refractivity contribution >= 4 is 27.6 Å². The second kappa shape index (κ2) is 11.4. The van der Waals surface area contributed by atoms with Crippen molar-refractivity contribution in [2.45, 2.75) is 75.1 Å². The van der Waals surface area contributed by atoms with Crippen LogP contribution in [0.25, 0.3) is 0 Å². The highest BCUT2D eigenvalue weighted by Crippen LogP contribution is 2.37. The van der Waals surface area contributed by atoms with E-state index in [4.69, 9.17) is 5.73 Å². The van der Waals surface area contributed by atoms with E-state index in [0.717, 1.165) is 24.8 Å². The number of carbonyl (C=O) groups is 2. The summed E-state index contributed by atoms with van der Waals surface area (Å²) < 4.78 is 0. The van der Waals surface area contributed by atoms with E-state index in [1.165, 1.54) is 12.8 Å². The number of carbonyl (C=O) groups excluding carboxylic acids is 2. The summed E-state index contributed by atoms with van der Waals surface area (Å²) in [4.78, 5) is 34.1. The van der Waals surface area contributed by atoms with Gasteiger partial charge in [-0.25, -0.2) is 0 Å². The maximum Gasteiger partial charge on any atom is 0.220 e. The summed E-state index contributed by atoms with van der Waals surface area (Å²) in [6.07, 6.45) is 6.69. The van der Waals surface area contributed by atoms with Crippen LogP contribution in [0.4, 0.5) is 0 Å². The number of halogens is 1. The van der Waals surface area contributed by atoms with Gasteiger partial charge in [-0.2, -0.15) is 0 Å². The van der Waals surface area contributed by atoms with Gasteiger partial charge in [-0.1, -0.05) is 53.2 Å². The molecular weight excluding hydrogens is 436 g/mol. The van der Waals surface area contributed by atoms with Crippen LogP contribution in [0, 0.1) is 22.0 Å². The molecule has 0 aliphatic heterocycles. The van der Waals surface area contributed by atoms with Gasteiger partial charge in [0.2, 0.25) is 11.9 Å². The summed E-state index contributed by atoms with van der Waals surface area (Å²) in [5, 5.41) is 11.1. The molecule has 2 N–H and O–H groups in total. The number of hydrogen-bond acceptors (Lipinski definition) is 4. The fourth-order valence-corrected chi connectivity index (χ4v) is 4.92. The average molecular weight is 467 g/mol. The average Bonchev–Trinajstić information content (AvgIpc) is 2.74. The van der Waals surface area contributed by atoms with Crippen molar-refractivity contribution < 1.29 is 14.5 Å². The lowest BCUT2D eigenvalue weighted by Gasteiger charge is -2.30. The summed E-state index contributed by atoms with van der Waals surface area (Å²) in [5.74, 6) is 0.0368. The number of alkyl halides is 1. The Labute approximate surface area is 180 Å². The number of nitrogens with two attached hydrogens (primary N) is 1. The highest BCUT2D eigenvalue weighted by Gasteiger charge is 2.40. The molecule has 7 heteroatoms. The van der Waals surface area contributed by atoms with E-state index in [-0.39, 0.29) is 22.7 Å². The van der Waals surface area contributed by atoms with E-state index in [1.807, 2.05) is 37.3 Å². The summed E-state index contributed by atoms with van der Waals surface area (Å²) >= 11 is 3.58. The lowest BCUT2D eigenvalue weighted by atomic mass is 9.74. The number of amides is 1. The minimum absolute atomic E-state index is 0.215. The molecule has 160 valence electrons. The van der Waals surface area contributed by atoms with Gasteiger partial charge in [0, 0.05) is 34.4 Å². The Bertz CT molecular complexity index is 689. The molecule has 29 heavy (non-hydrogen) atoms. The van der Waals surface area contributed by atoms with E-state index in [2.05, 4.69) is 15.9 Å². The Balaban J connectivity index is 0.000000234. The van der Waals surface area contributed by atoms with E-state index in [0.29, 0.717) is 35.8 Å². The fourth-order valence-electron chi connectivity index (χ4n) is 4.39. The van der Waals surface area contributed by atoms with Crippen LogP contribution >= 0.6 is 15.9 Å². The van der Waals surface area contributed by atoms with Crippen LogP contribution < -0.4 is 5.73 Å². The first-order valence-electron chi connectivity index (χ1n) is 10.5. The predicted octanol–water partition coefficient (Wildman–Crippen LogP) is 4.62. The molecule has 2 saturated carbocycles. The predicted molar refractivity (Wildman–Crippen MR) is 116 cm³/mol. The molecule has 3 rings (SSSR count). The van der Waals surface area contributed by atoms with Gasteiger partial charge >= 0.3 is 0 Å². The molecule has 0 saturated heterocycles. The molecule has 3 unspecified atom stereocenters. The third-order valence-electron chi connectivity index (χ3n) is 6.18. The van der Waals surface area contributed by atoms with Crippen molar-refractivity contribution in [3.8, 4) is 0 Å². The topological polar surface area (TPSA) is 103 Å². The van der Waals surface area contributed by atoms with Gasteiger partial charge < -0.3 is 5.73 Å². The number of nitro groups is 1. The molecule has 2 aliphatic carbocycles. The molecule has 1 aromatic rings. The molecule has 2 aliphatic rings. The van der Waals surface area contributed by atoms with E-state index < -0.39 is 6.04 Å². The summed E-state index contributed by atoms with van der Waals surface area (Å²) in [6, 6.07) is 8.75. The minimum Gasteiger partial charge on any atom is -0.369 e. The van der Waals surface area contributed by atoms with Crippen LogP contribution in [0.1, 0.15) is 69.8 Å². The quantitative estimate of drug-likeness (QED) is 0.388. The number of Topliss-reactive ketones (excluding diaryl/α,β-unsaturated/α-hetero) is 1. The summed E-state index contributed by atoms with van der Waals surface area (Å²) in [7, 11) is 0. The number of primary amides is 1. The third-order valence-corrected chi connectivity index (χ3v) is 7.09. The number of ketones is 1. The molecule has 0 spiro atoms. The van der Waals surface area contributed by atoms with Crippen LogP contribution in [0.15, 0.2) is 30.3 Å². The van der Waals surface area contributed by atoms with Crippen molar-refractivity contribution in [1.29, 1.82) is 0 Å². The van der Waals surface area contributed by atoms with Gasteiger partial charge in [-0.15, -0.1) is 0 Å². The van der Waals surface area contributed by atoms with Crippen molar-refractivity contribution in [3.05, 3.63) is 46.0 Å². The Kier molecular flexibility index (Phi) is 9.27. The van der Waals surface area contributed by atoms with E-state index in [9.17, 15) is 19.7 Å². The maximum atomic E-state index is 11.3. The standard InChI is InChI=1S/C13H16N2O3.C9H15BrO/c14-13(16)10-6-7-12(15(17)18)11(8-10)9-4-2-1-3-5-9;1-2-9(11)7-3-5-8(10)6-4-7/h1-5,10-12H,6-8H2,(H2,14,16);7-8H,2-6H2,1H3. The highest BCUT2D eigenvalue weighted by atomic mass is 79.9. The first-order chi connectivity index (χ1) is 13.8. The summed E-state index contributed by atoms with van der Waals surface area (Å²) in [6.45, 7) is 1.96. The van der Waals surface area contributed by atoms with Crippen molar-refractivity contribution in [2.24, 2.45) is 17.6 Å². The zero-order chi connectivity index (χ0) is 21.4. The van der Waals surface area contributed by atoms with Crippen molar-refractivity contribution in [2.75, 3.05) is 0 Å². The van der Waals surface area contributed by atoms with Gasteiger partial charge in [-0.05, 0) is 44.1 Å². The molecule has 6 nitrogen and oxygen atoms in total. The van der Waals surface area contributed by atoms with Crippen LogP contribution in [-0.2, 0) is 9.59 Å². The van der Waals surface area contributed by atoms with E-state index in [1.54, 1.807) is 0 Å². The zero-order valence-electron chi connectivity index (χ0n) is 17.0. The number of rotatable bonds is 5. The zero-order valence-corrected chi connectivity index (χ0v) is 18.6. The van der Waals surface area contributed by atoms with Gasteiger partial charge in [-0.3, -0.25) is 19.7 Å². The fraction of sp³-hybridized carbons (Fsp3) is 0.636. The highest BCUT2D eigenvalue weighted by molar-refractivity contribution is 9.09. The smallest absolute Gasteiger partial charge is 0.220 e.